The molecule has 2 aromatic rings. The van der Waals surface area contributed by atoms with Crippen molar-refractivity contribution in [3.63, 3.8) is 0 Å². The van der Waals surface area contributed by atoms with Gasteiger partial charge < -0.3 is 14.6 Å². The zero-order valence-electron chi connectivity index (χ0n) is 11.6. The Morgan fingerprint density at radius 1 is 1.38 bits per heavy atom. The van der Waals surface area contributed by atoms with E-state index in [-0.39, 0.29) is 11.9 Å². The van der Waals surface area contributed by atoms with Crippen LogP contribution in [0.25, 0.3) is 5.52 Å². The molecule has 3 aliphatic rings. The molecule has 5 rings (SSSR count). The van der Waals surface area contributed by atoms with Crippen LogP contribution in [0.15, 0.2) is 24.7 Å². The minimum atomic E-state index is -0.0968. The summed E-state index contributed by atoms with van der Waals surface area (Å²) in [7, 11) is 0. The van der Waals surface area contributed by atoms with Gasteiger partial charge in [0.2, 0.25) is 0 Å². The molecule has 3 aliphatic heterocycles. The first kappa shape index (κ1) is 13.1. The summed E-state index contributed by atoms with van der Waals surface area (Å²) < 4.78 is 1.83. The molecule has 0 aromatic carbocycles. The molecule has 1 atom stereocenters. The normalized spacial score (nSPS) is 28.0. The Hall–Kier alpha value is -1.59. The molecule has 3 saturated heterocycles. The Morgan fingerprint density at radius 3 is 2.90 bits per heavy atom. The zero-order chi connectivity index (χ0) is 14.4. The average molecular weight is 305 g/mol. The fraction of sp³-hybridized carbons (Fsp3) is 0.467. The quantitative estimate of drug-likeness (QED) is 0.920. The molecule has 2 aromatic heterocycles. The molecule has 1 amide bonds. The molecule has 0 saturated carbocycles. The zero-order valence-corrected chi connectivity index (χ0v) is 12.4. The lowest BCUT2D eigenvalue weighted by Gasteiger charge is -2.44. The van der Waals surface area contributed by atoms with Gasteiger partial charge in [-0.3, -0.25) is 4.79 Å². The maximum atomic E-state index is 12.4. The Bertz CT molecular complexity index is 690. The number of aromatic nitrogens is 2. The maximum absolute atomic E-state index is 12.4. The summed E-state index contributed by atoms with van der Waals surface area (Å²) in [5, 5.41) is 3.79. The number of nitrogens with one attached hydrogen (secondary N) is 1. The van der Waals surface area contributed by atoms with Crippen molar-refractivity contribution in [2.45, 2.75) is 18.9 Å². The number of fused-ring (bicyclic) bond motifs is 4. The summed E-state index contributed by atoms with van der Waals surface area (Å²) in [5.41, 5.74) is 1.25. The van der Waals surface area contributed by atoms with E-state index in [0.29, 0.717) is 16.6 Å². The van der Waals surface area contributed by atoms with Gasteiger partial charge in [-0.2, -0.15) is 0 Å². The summed E-state index contributed by atoms with van der Waals surface area (Å²) in [6, 6.07) is 2.05. The van der Waals surface area contributed by atoms with Crippen molar-refractivity contribution >= 4 is 23.0 Å². The van der Waals surface area contributed by atoms with Crippen LogP contribution in [-0.4, -0.2) is 45.9 Å². The van der Waals surface area contributed by atoms with E-state index in [1.54, 1.807) is 18.5 Å². The molecule has 0 radical (unpaired) electrons. The van der Waals surface area contributed by atoms with Gasteiger partial charge in [0.15, 0.2) is 0 Å². The van der Waals surface area contributed by atoms with Gasteiger partial charge in [0.25, 0.3) is 5.91 Å². The fourth-order valence-corrected chi connectivity index (χ4v) is 3.66. The van der Waals surface area contributed by atoms with E-state index in [2.05, 4.69) is 15.2 Å². The number of hydrogen-bond donors (Lipinski definition) is 1. The van der Waals surface area contributed by atoms with E-state index in [1.165, 1.54) is 25.9 Å². The van der Waals surface area contributed by atoms with E-state index in [1.807, 2.05) is 10.6 Å². The molecule has 21 heavy (non-hydrogen) atoms. The molecule has 2 bridgehead atoms. The number of amides is 1. The maximum Gasteiger partial charge on any atom is 0.271 e. The predicted octanol–water partition coefficient (Wildman–Crippen LogP) is 1.81. The van der Waals surface area contributed by atoms with Crippen molar-refractivity contribution in [3.05, 3.63) is 35.4 Å². The topological polar surface area (TPSA) is 49.6 Å². The first-order valence-corrected chi connectivity index (χ1v) is 7.74. The number of rotatable bonds is 2. The third kappa shape index (κ3) is 2.30. The summed E-state index contributed by atoms with van der Waals surface area (Å²) in [4.78, 5) is 19.1. The molecular weight excluding hydrogens is 288 g/mol. The van der Waals surface area contributed by atoms with Crippen LogP contribution in [0, 0.1) is 5.92 Å². The molecule has 5 nitrogen and oxygen atoms in total. The molecule has 0 unspecified atom stereocenters. The van der Waals surface area contributed by atoms with Crippen LogP contribution < -0.4 is 5.32 Å². The minimum absolute atomic E-state index is 0.0968. The number of halogens is 1. The van der Waals surface area contributed by atoms with Gasteiger partial charge in [0.05, 0.1) is 16.7 Å². The van der Waals surface area contributed by atoms with Crippen LogP contribution in [0.4, 0.5) is 0 Å². The standard InChI is InChI=1S/C15H17ClN4O/c16-11-3-6-20-9-13(17-7-14(11)20)15(21)18-12-8-19-4-1-10(12)2-5-19/h3,6-7,9-10,12H,1-2,4-5,8H2,(H,18,21)/t12-/m0/s1. The van der Waals surface area contributed by atoms with Crippen molar-refractivity contribution in [2.24, 2.45) is 5.92 Å². The number of carbonyl (C=O) groups excluding carboxylic acids is 1. The van der Waals surface area contributed by atoms with Crippen molar-refractivity contribution in [3.8, 4) is 0 Å². The van der Waals surface area contributed by atoms with Gasteiger partial charge in [-0.1, -0.05) is 11.6 Å². The van der Waals surface area contributed by atoms with Crippen molar-refractivity contribution in [2.75, 3.05) is 19.6 Å². The predicted molar refractivity (Wildman–Crippen MR) is 80.6 cm³/mol. The Kier molecular flexibility index (Phi) is 3.12. The Balaban J connectivity index is 1.53. The SMILES string of the molecule is O=C(N[C@H]1CN2CCC1CC2)c1cn2ccc(Cl)c2cn1. The minimum Gasteiger partial charge on any atom is -0.346 e. The van der Waals surface area contributed by atoms with Crippen LogP contribution in [0.5, 0.6) is 0 Å². The van der Waals surface area contributed by atoms with Crippen molar-refractivity contribution < 1.29 is 4.79 Å². The highest BCUT2D eigenvalue weighted by molar-refractivity contribution is 6.33. The van der Waals surface area contributed by atoms with Gasteiger partial charge >= 0.3 is 0 Å². The molecule has 0 spiro atoms. The monoisotopic (exact) mass is 304 g/mol. The molecule has 6 heteroatoms. The largest absolute Gasteiger partial charge is 0.346 e. The van der Waals surface area contributed by atoms with E-state index in [0.717, 1.165) is 12.1 Å². The average Bonchev–Trinajstić information content (AvgIpc) is 2.89. The van der Waals surface area contributed by atoms with E-state index < -0.39 is 0 Å². The third-order valence-electron chi connectivity index (χ3n) is 4.70. The number of hydrogen-bond acceptors (Lipinski definition) is 3. The second-order valence-corrected chi connectivity index (χ2v) is 6.35. The lowest BCUT2D eigenvalue weighted by atomic mass is 9.84. The molecule has 5 heterocycles. The highest BCUT2D eigenvalue weighted by Gasteiger charge is 2.35. The van der Waals surface area contributed by atoms with Gasteiger partial charge in [0, 0.05) is 25.0 Å². The van der Waals surface area contributed by atoms with Crippen LogP contribution in [0.1, 0.15) is 23.3 Å². The molecule has 3 fully saturated rings. The number of nitrogens with zero attached hydrogens (tertiary/aromatic N) is 3. The smallest absolute Gasteiger partial charge is 0.271 e. The van der Waals surface area contributed by atoms with Gasteiger partial charge in [0.1, 0.15) is 5.69 Å². The molecule has 1 N–H and O–H groups in total. The van der Waals surface area contributed by atoms with Gasteiger partial charge in [-0.15, -0.1) is 0 Å². The lowest BCUT2D eigenvalue weighted by molar-refractivity contribution is 0.0617. The van der Waals surface area contributed by atoms with E-state index in [4.69, 9.17) is 11.6 Å². The molecule has 0 aliphatic carbocycles. The lowest BCUT2D eigenvalue weighted by Crippen LogP contribution is -2.57. The summed E-state index contributed by atoms with van der Waals surface area (Å²) >= 11 is 6.04. The first-order valence-electron chi connectivity index (χ1n) is 7.36. The third-order valence-corrected chi connectivity index (χ3v) is 5.02. The Morgan fingerprint density at radius 2 is 2.19 bits per heavy atom. The number of piperidine rings is 3. The second kappa shape index (κ2) is 5.00. The fourth-order valence-electron chi connectivity index (χ4n) is 3.46. The van der Waals surface area contributed by atoms with E-state index >= 15 is 0 Å². The van der Waals surface area contributed by atoms with Gasteiger partial charge in [-0.25, -0.2) is 4.98 Å². The van der Waals surface area contributed by atoms with Gasteiger partial charge in [-0.05, 0) is 37.9 Å². The highest BCUT2D eigenvalue weighted by Crippen LogP contribution is 2.27. The van der Waals surface area contributed by atoms with Crippen LogP contribution in [0.3, 0.4) is 0 Å². The first-order chi connectivity index (χ1) is 10.2. The summed E-state index contributed by atoms with van der Waals surface area (Å²) in [6.07, 6.45) is 7.59. The summed E-state index contributed by atoms with van der Waals surface area (Å²) in [6.45, 7) is 3.31. The Labute approximate surface area is 127 Å². The highest BCUT2D eigenvalue weighted by atomic mass is 35.5. The molecular formula is C15H17ClN4O. The molecule has 110 valence electrons. The second-order valence-electron chi connectivity index (χ2n) is 5.95. The summed E-state index contributed by atoms with van der Waals surface area (Å²) in [5.74, 6) is 0.518. The van der Waals surface area contributed by atoms with Crippen LogP contribution in [-0.2, 0) is 0 Å². The van der Waals surface area contributed by atoms with Crippen molar-refractivity contribution in [1.29, 1.82) is 0 Å². The van der Waals surface area contributed by atoms with Crippen molar-refractivity contribution in [1.82, 2.24) is 19.6 Å². The number of carbonyl (C=O) groups is 1. The van der Waals surface area contributed by atoms with Crippen LogP contribution in [0.2, 0.25) is 5.02 Å². The van der Waals surface area contributed by atoms with E-state index in [9.17, 15) is 4.79 Å². The van der Waals surface area contributed by atoms with Crippen LogP contribution >= 0.6 is 11.6 Å².